The Morgan fingerprint density at radius 1 is 1.40 bits per heavy atom. The fourth-order valence-electron chi connectivity index (χ4n) is 1.84. The minimum Gasteiger partial charge on any atom is -0.389 e. The molecule has 0 aliphatic rings. The molecule has 3 nitrogen and oxygen atoms in total. The lowest BCUT2D eigenvalue weighted by Gasteiger charge is -2.03. The fourth-order valence-corrected chi connectivity index (χ4v) is 1.84. The van der Waals surface area contributed by atoms with Crippen LogP contribution in [0.5, 0.6) is 0 Å². The van der Waals surface area contributed by atoms with Crippen molar-refractivity contribution in [1.29, 1.82) is 0 Å². The van der Waals surface area contributed by atoms with E-state index in [0.717, 1.165) is 6.20 Å². The zero-order chi connectivity index (χ0) is 14.9. The first-order valence-electron chi connectivity index (χ1n) is 5.88. The maximum Gasteiger partial charge on any atom is 0.454 e. The summed E-state index contributed by atoms with van der Waals surface area (Å²) in [5.74, 6) is -1.86. The van der Waals surface area contributed by atoms with E-state index in [1.54, 1.807) is 31.2 Å². The number of aromatic nitrogens is 1. The molecule has 0 aliphatic carbocycles. The number of aliphatic hydroxyl groups is 1. The third-order valence-electron chi connectivity index (χ3n) is 2.78. The monoisotopic (exact) mass is 283 g/mol. The highest BCUT2D eigenvalue weighted by atomic mass is 19.4. The smallest absolute Gasteiger partial charge is 0.389 e. The number of rotatable bonds is 3. The highest BCUT2D eigenvalue weighted by Gasteiger charge is 2.40. The van der Waals surface area contributed by atoms with Crippen LogP contribution in [-0.2, 0) is 0 Å². The summed E-state index contributed by atoms with van der Waals surface area (Å²) in [6.45, 7) is 1.59. The summed E-state index contributed by atoms with van der Waals surface area (Å²) < 4.78 is 37.3. The number of Topliss-reactive ketones (excluding diaryl/α,β-unsaturated/α-hetero) is 1. The van der Waals surface area contributed by atoms with Gasteiger partial charge in [0.15, 0.2) is 0 Å². The number of halogens is 3. The van der Waals surface area contributed by atoms with Crippen LogP contribution in [0, 0.1) is 0 Å². The van der Waals surface area contributed by atoms with Crippen molar-refractivity contribution in [3.8, 4) is 0 Å². The zero-order valence-electron chi connectivity index (χ0n) is 10.5. The maximum absolute atomic E-state index is 12.4. The number of carbonyl (C=O) groups is 1. The number of alkyl halides is 3. The molecule has 0 spiro atoms. The molecule has 1 atom stereocenters. The zero-order valence-corrected chi connectivity index (χ0v) is 10.5. The van der Waals surface area contributed by atoms with Crippen LogP contribution in [-0.4, -0.2) is 28.2 Å². The van der Waals surface area contributed by atoms with Crippen molar-refractivity contribution in [2.45, 2.75) is 19.2 Å². The Bertz CT molecular complexity index is 669. The molecule has 2 aromatic rings. The van der Waals surface area contributed by atoms with E-state index in [-0.39, 0.29) is 5.39 Å². The van der Waals surface area contributed by atoms with Gasteiger partial charge in [-0.3, -0.25) is 4.79 Å². The second-order valence-electron chi connectivity index (χ2n) is 4.43. The maximum atomic E-state index is 12.4. The molecule has 0 saturated carbocycles. The lowest BCUT2D eigenvalue weighted by Crippen LogP contribution is -2.22. The van der Waals surface area contributed by atoms with Crippen LogP contribution in [0.15, 0.2) is 30.5 Å². The van der Waals surface area contributed by atoms with Gasteiger partial charge in [0.1, 0.15) is 0 Å². The van der Waals surface area contributed by atoms with E-state index in [0.29, 0.717) is 11.1 Å². The van der Waals surface area contributed by atoms with E-state index in [4.69, 9.17) is 5.11 Å². The van der Waals surface area contributed by atoms with Gasteiger partial charge in [-0.2, -0.15) is 13.2 Å². The number of carbonyl (C=O) groups excluding carboxylic acids is 1. The van der Waals surface area contributed by atoms with Crippen molar-refractivity contribution >= 4 is 22.8 Å². The number of aliphatic hydroxyl groups excluding tert-OH is 1. The van der Waals surface area contributed by atoms with Crippen molar-refractivity contribution < 1.29 is 23.1 Å². The standard InChI is InChI=1S/C14H12F3NO2/c1-8(19)2-3-9-4-5-10-11(7-18-12(10)6-9)13(20)14(15,16)17/h2-8,18-19H,1H3/b3-2+. The van der Waals surface area contributed by atoms with Crippen LogP contribution in [0.3, 0.4) is 0 Å². The second kappa shape index (κ2) is 5.13. The van der Waals surface area contributed by atoms with Crippen molar-refractivity contribution in [3.05, 3.63) is 41.6 Å². The molecule has 0 fully saturated rings. The van der Waals surface area contributed by atoms with Crippen LogP contribution in [0.1, 0.15) is 22.8 Å². The molecule has 1 unspecified atom stereocenters. The van der Waals surface area contributed by atoms with Crippen LogP contribution in [0.25, 0.3) is 17.0 Å². The first kappa shape index (κ1) is 14.3. The molecule has 6 heteroatoms. The fraction of sp³-hybridized carbons (Fsp3) is 0.214. The highest BCUT2D eigenvalue weighted by Crippen LogP contribution is 2.27. The number of fused-ring (bicyclic) bond motifs is 1. The number of aromatic amines is 1. The van der Waals surface area contributed by atoms with Crippen LogP contribution in [0.2, 0.25) is 0 Å². The van der Waals surface area contributed by atoms with Gasteiger partial charge in [0.25, 0.3) is 5.78 Å². The Balaban J connectivity index is 2.41. The van der Waals surface area contributed by atoms with Crippen LogP contribution in [0.4, 0.5) is 13.2 Å². The minimum absolute atomic E-state index is 0.224. The Labute approximate surface area is 112 Å². The summed E-state index contributed by atoms with van der Waals surface area (Å²) in [6, 6.07) is 4.65. The van der Waals surface area contributed by atoms with Gasteiger partial charge in [-0.15, -0.1) is 0 Å². The highest BCUT2D eigenvalue weighted by molar-refractivity contribution is 6.10. The van der Waals surface area contributed by atoms with Gasteiger partial charge < -0.3 is 10.1 Å². The molecule has 0 bridgehead atoms. The third-order valence-corrected chi connectivity index (χ3v) is 2.78. The summed E-state index contributed by atoms with van der Waals surface area (Å²) in [5, 5.41) is 9.35. The van der Waals surface area contributed by atoms with Crippen LogP contribution >= 0.6 is 0 Å². The number of benzene rings is 1. The molecule has 1 aromatic heterocycles. The lowest BCUT2D eigenvalue weighted by molar-refractivity contribution is -0.0884. The predicted octanol–water partition coefficient (Wildman–Crippen LogP) is 3.31. The second-order valence-corrected chi connectivity index (χ2v) is 4.43. The molecular formula is C14H12F3NO2. The summed E-state index contributed by atoms with van der Waals surface area (Å²) in [7, 11) is 0. The van der Waals surface area contributed by atoms with Gasteiger partial charge in [0.2, 0.25) is 0 Å². The molecule has 0 aliphatic heterocycles. The molecule has 20 heavy (non-hydrogen) atoms. The molecule has 1 heterocycles. The van der Waals surface area contributed by atoms with Gasteiger partial charge in [0, 0.05) is 17.1 Å². The topological polar surface area (TPSA) is 53.1 Å². The Morgan fingerprint density at radius 2 is 2.10 bits per heavy atom. The number of H-pyrrole nitrogens is 1. The van der Waals surface area contributed by atoms with Crippen molar-refractivity contribution in [2.24, 2.45) is 0 Å². The molecule has 0 amide bonds. The minimum atomic E-state index is -4.89. The Hall–Kier alpha value is -2.08. The number of ketones is 1. The average molecular weight is 283 g/mol. The molecule has 106 valence electrons. The molecule has 0 radical (unpaired) electrons. The van der Waals surface area contributed by atoms with E-state index < -0.39 is 23.6 Å². The SMILES string of the molecule is CC(O)/C=C/c1ccc2c(C(=O)C(F)(F)F)c[nH]c2c1. The van der Waals surface area contributed by atoms with E-state index in [1.165, 1.54) is 6.07 Å². The largest absolute Gasteiger partial charge is 0.454 e. The molecule has 2 N–H and O–H groups in total. The number of hydrogen-bond acceptors (Lipinski definition) is 2. The quantitative estimate of drug-likeness (QED) is 0.849. The van der Waals surface area contributed by atoms with Crippen LogP contribution < -0.4 is 0 Å². The number of hydrogen-bond donors (Lipinski definition) is 2. The summed E-state index contributed by atoms with van der Waals surface area (Å²) in [5.41, 5.74) is 0.759. The molecule has 1 aromatic carbocycles. The molecule has 2 rings (SSSR count). The summed E-state index contributed by atoms with van der Waals surface area (Å²) in [4.78, 5) is 13.9. The number of nitrogens with one attached hydrogen (secondary N) is 1. The van der Waals surface area contributed by atoms with E-state index >= 15 is 0 Å². The first-order valence-corrected chi connectivity index (χ1v) is 5.88. The predicted molar refractivity (Wildman–Crippen MR) is 69.4 cm³/mol. The van der Waals surface area contributed by atoms with E-state index in [9.17, 15) is 18.0 Å². The molecule has 0 saturated heterocycles. The Kier molecular flexibility index (Phi) is 3.67. The van der Waals surface area contributed by atoms with Gasteiger partial charge >= 0.3 is 6.18 Å². The van der Waals surface area contributed by atoms with Gasteiger partial charge in [0.05, 0.1) is 11.7 Å². The van der Waals surface area contributed by atoms with E-state index in [2.05, 4.69) is 4.98 Å². The lowest BCUT2D eigenvalue weighted by atomic mass is 10.1. The van der Waals surface area contributed by atoms with Gasteiger partial charge in [-0.05, 0) is 18.6 Å². The van der Waals surface area contributed by atoms with Gasteiger partial charge in [-0.1, -0.05) is 24.3 Å². The van der Waals surface area contributed by atoms with Crippen molar-refractivity contribution in [3.63, 3.8) is 0 Å². The molecular weight excluding hydrogens is 271 g/mol. The van der Waals surface area contributed by atoms with Crippen molar-refractivity contribution in [2.75, 3.05) is 0 Å². The third kappa shape index (κ3) is 2.91. The van der Waals surface area contributed by atoms with E-state index in [1.807, 2.05) is 0 Å². The van der Waals surface area contributed by atoms with Gasteiger partial charge in [-0.25, -0.2) is 0 Å². The summed E-state index contributed by atoms with van der Waals surface area (Å²) in [6.07, 6.45) is -1.25. The average Bonchev–Trinajstić information content (AvgIpc) is 2.77. The van der Waals surface area contributed by atoms with Crippen molar-refractivity contribution in [1.82, 2.24) is 4.98 Å². The summed E-state index contributed by atoms with van der Waals surface area (Å²) >= 11 is 0. The first-order chi connectivity index (χ1) is 9.29. The normalized spacial score (nSPS) is 14.1. The Morgan fingerprint density at radius 3 is 2.70 bits per heavy atom.